The first-order valence-corrected chi connectivity index (χ1v) is 10.6. The molecule has 0 fully saturated rings. The van der Waals surface area contributed by atoms with Gasteiger partial charge < -0.3 is 4.57 Å². The highest BCUT2D eigenvalue weighted by Gasteiger charge is 2.34. The fourth-order valence-electron chi connectivity index (χ4n) is 3.23. The van der Waals surface area contributed by atoms with Crippen LogP contribution in [-0.4, -0.2) is 38.5 Å². The van der Waals surface area contributed by atoms with Gasteiger partial charge in [-0.2, -0.15) is 36.1 Å². The maximum Gasteiger partial charge on any atom is 0.433 e. The van der Waals surface area contributed by atoms with Crippen LogP contribution in [-0.2, 0) is 29.2 Å². The summed E-state index contributed by atoms with van der Waals surface area (Å²) in [6, 6.07) is 3.12. The number of halogens is 6. The number of hydrogen-bond donors (Lipinski definition) is 0. The molecule has 0 bridgehead atoms. The van der Waals surface area contributed by atoms with E-state index in [0.717, 1.165) is 23.0 Å². The molecule has 0 aliphatic heterocycles. The van der Waals surface area contributed by atoms with Crippen LogP contribution in [0.5, 0.6) is 0 Å². The number of pyridine rings is 1. The molecule has 170 valence electrons. The molecule has 0 amide bonds. The van der Waals surface area contributed by atoms with E-state index in [1.165, 1.54) is 18.5 Å². The number of aryl methyl sites for hydroxylation is 1. The predicted molar refractivity (Wildman–Crippen MR) is 101 cm³/mol. The Kier molecular flexibility index (Phi) is 4.77. The van der Waals surface area contributed by atoms with Crippen LogP contribution >= 0.6 is 0 Å². The lowest BCUT2D eigenvalue weighted by Gasteiger charge is -2.08. The standard InChI is InChI=1S/C18H13F6N5O2S/c1-3-32(30,31)15-10-5-4-9(17(19,20)21)6-11(10)27-29(15)16-26-12-7-14(18(22,23)24)25-8-13(12)28(16)2/h4-8H,3H2,1-2H3. The Morgan fingerprint density at radius 1 is 1.00 bits per heavy atom. The van der Waals surface area contributed by atoms with Crippen molar-refractivity contribution in [3.63, 3.8) is 0 Å². The van der Waals surface area contributed by atoms with Crippen molar-refractivity contribution in [3.05, 3.63) is 41.7 Å². The molecule has 3 heterocycles. The minimum atomic E-state index is -4.73. The Morgan fingerprint density at radius 2 is 1.69 bits per heavy atom. The molecule has 1 aromatic carbocycles. The van der Waals surface area contributed by atoms with Gasteiger partial charge in [0.15, 0.2) is 14.9 Å². The van der Waals surface area contributed by atoms with E-state index < -0.39 is 44.2 Å². The minimum absolute atomic E-state index is 0.0685. The monoisotopic (exact) mass is 477 g/mol. The Bertz CT molecular complexity index is 1470. The minimum Gasteiger partial charge on any atom is -0.310 e. The SMILES string of the molecule is CCS(=O)(=O)c1c2ccc(C(F)(F)F)cc2nn1-c1nc2cc(C(F)(F)F)ncc2n1C. The van der Waals surface area contributed by atoms with Crippen LogP contribution in [0, 0.1) is 0 Å². The van der Waals surface area contributed by atoms with E-state index in [9.17, 15) is 34.8 Å². The van der Waals surface area contributed by atoms with Gasteiger partial charge in [0.05, 0.1) is 34.1 Å². The molecule has 0 saturated heterocycles. The van der Waals surface area contributed by atoms with Gasteiger partial charge in [-0.15, -0.1) is 0 Å². The summed E-state index contributed by atoms with van der Waals surface area (Å²) in [6.45, 7) is 1.34. The zero-order valence-corrected chi connectivity index (χ0v) is 17.1. The molecule has 14 heteroatoms. The van der Waals surface area contributed by atoms with Crippen LogP contribution in [0.2, 0.25) is 0 Å². The van der Waals surface area contributed by atoms with Crippen LogP contribution in [0.25, 0.3) is 27.9 Å². The van der Waals surface area contributed by atoms with Crippen molar-refractivity contribution in [2.24, 2.45) is 7.05 Å². The Balaban J connectivity index is 2.04. The summed E-state index contributed by atoms with van der Waals surface area (Å²) in [6.07, 6.45) is -8.48. The summed E-state index contributed by atoms with van der Waals surface area (Å²) >= 11 is 0. The van der Waals surface area contributed by atoms with E-state index >= 15 is 0 Å². The van der Waals surface area contributed by atoms with Crippen molar-refractivity contribution in [1.82, 2.24) is 24.3 Å². The second-order valence-corrected chi connectivity index (χ2v) is 9.07. The lowest BCUT2D eigenvalue weighted by molar-refractivity contribution is -0.141. The van der Waals surface area contributed by atoms with Crippen molar-refractivity contribution in [2.45, 2.75) is 24.3 Å². The molecular weight excluding hydrogens is 464 g/mol. The molecule has 0 radical (unpaired) electrons. The highest BCUT2D eigenvalue weighted by Crippen LogP contribution is 2.35. The Morgan fingerprint density at radius 3 is 2.28 bits per heavy atom. The van der Waals surface area contributed by atoms with Crippen LogP contribution < -0.4 is 0 Å². The van der Waals surface area contributed by atoms with Gasteiger partial charge in [0.25, 0.3) is 0 Å². The van der Waals surface area contributed by atoms with Crippen LogP contribution in [0.15, 0.2) is 35.5 Å². The topological polar surface area (TPSA) is 82.7 Å². The lowest BCUT2D eigenvalue weighted by Crippen LogP contribution is -2.14. The number of fused-ring (bicyclic) bond motifs is 2. The first-order valence-electron chi connectivity index (χ1n) is 8.97. The van der Waals surface area contributed by atoms with Gasteiger partial charge in [0.2, 0.25) is 5.95 Å². The molecule has 7 nitrogen and oxygen atoms in total. The summed E-state index contributed by atoms with van der Waals surface area (Å²) in [5, 5.41) is 3.53. The van der Waals surface area contributed by atoms with Gasteiger partial charge in [0, 0.05) is 12.4 Å². The molecule has 0 spiro atoms. The van der Waals surface area contributed by atoms with Gasteiger partial charge in [-0.05, 0) is 24.3 Å². The third-order valence-electron chi connectivity index (χ3n) is 4.85. The molecular formula is C18H13F6N5O2S. The predicted octanol–water partition coefficient (Wildman–Crippen LogP) is 4.14. The third-order valence-corrected chi connectivity index (χ3v) is 6.60. The number of imidazole rings is 1. The largest absolute Gasteiger partial charge is 0.433 e. The smallest absolute Gasteiger partial charge is 0.310 e. The summed E-state index contributed by atoms with van der Waals surface area (Å²) in [5.41, 5.74) is -2.48. The number of hydrogen-bond acceptors (Lipinski definition) is 5. The highest BCUT2D eigenvalue weighted by atomic mass is 32.2. The van der Waals surface area contributed by atoms with Crippen molar-refractivity contribution < 1.29 is 34.8 Å². The van der Waals surface area contributed by atoms with Crippen molar-refractivity contribution in [2.75, 3.05) is 5.75 Å². The van der Waals surface area contributed by atoms with Gasteiger partial charge in [0.1, 0.15) is 5.69 Å². The van der Waals surface area contributed by atoms with E-state index in [0.29, 0.717) is 12.1 Å². The summed E-state index contributed by atoms with van der Waals surface area (Å²) in [4.78, 5) is 7.42. The number of aromatic nitrogens is 5. The zero-order chi connectivity index (χ0) is 23.6. The maximum absolute atomic E-state index is 13.1. The van der Waals surface area contributed by atoms with Crippen molar-refractivity contribution in [3.8, 4) is 5.95 Å². The molecule has 3 aromatic heterocycles. The average molecular weight is 477 g/mol. The van der Waals surface area contributed by atoms with Gasteiger partial charge in [-0.3, -0.25) is 0 Å². The van der Waals surface area contributed by atoms with Crippen molar-refractivity contribution in [1.29, 1.82) is 0 Å². The van der Waals surface area contributed by atoms with Gasteiger partial charge in [-0.25, -0.2) is 18.4 Å². The molecule has 4 aromatic rings. The van der Waals surface area contributed by atoms with Crippen LogP contribution in [0.3, 0.4) is 0 Å². The molecule has 0 atom stereocenters. The summed E-state index contributed by atoms with van der Waals surface area (Å²) in [5.74, 6) is -0.587. The van der Waals surface area contributed by atoms with Crippen LogP contribution in [0.4, 0.5) is 26.3 Å². The number of alkyl halides is 6. The van der Waals surface area contributed by atoms with E-state index in [1.807, 2.05) is 0 Å². The van der Waals surface area contributed by atoms with Crippen molar-refractivity contribution >= 4 is 31.8 Å². The maximum atomic E-state index is 13.1. The number of rotatable bonds is 3. The third kappa shape index (κ3) is 3.47. The van der Waals surface area contributed by atoms with E-state index in [1.54, 1.807) is 0 Å². The summed E-state index contributed by atoms with van der Waals surface area (Å²) < 4.78 is 106. The molecule has 0 aliphatic rings. The highest BCUT2D eigenvalue weighted by molar-refractivity contribution is 7.91. The van der Waals surface area contributed by atoms with E-state index in [4.69, 9.17) is 0 Å². The molecule has 0 aliphatic carbocycles. The van der Waals surface area contributed by atoms with Gasteiger partial charge >= 0.3 is 12.4 Å². The molecule has 0 saturated carbocycles. The average Bonchev–Trinajstić information content (AvgIpc) is 3.24. The molecule has 0 unspecified atom stereocenters. The number of nitrogens with zero attached hydrogens (tertiary/aromatic N) is 5. The first kappa shape index (κ1) is 22.0. The molecule has 32 heavy (non-hydrogen) atoms. The number of sulfone groups is 1. The molecule has 4 rings (SSSR count). The lowest BCUT2D eigenvalue weighted by atomic mass is 10.1. The van der Waals surface area contributed by atoms with E-state index in [2.05, 4.69) is 15.1 Å². The zero-order valence-electron chi connectivity index (χ0n) is 16.3. The molecule has 0 N–H and O–H groups in total. The Labute approximate surface area is 176 Å². The first-order chi connectivity index (χ1) is 14.7. The number of benzene rings is 1. The second kappa shape index (κ2) is 6.92. The normalized spacial score (nSPS) is 13.4. The summed E-state index contributed by atoms with van der Waals surface area (Å²) in [7, 11) is -2.63. The van der Waals surface area contributed by atoms with Gasteiger partial charge in [-0.1, -0.05) is 6.92 Å². The fourth-order valence-corrected chi connectivity index (χ4v) is 4.40. The van der Waals surface area contributed by atoms with Crippen LogP contribution in [0.1, 0.15) is 18.2 Å². The quantitative estimate of drug-likeness (QED) is 0.415. The Hall–Kier alpha value is -3.16. The van der Waals surface area contributed by atoms with E-state index in [-0.39, 0.29) is 27.9 Å². The second-order valence-electron chi connectivity index (χ2n) is 6.88. The fraction of sp³-hybridized carbons (Fsp3) is 0.278.